The lowest BCUT2D eigenvalue weighted by atomic mass is 9.79. The summed E-state index contributed by atoms with van der Waals surface area (Å²) in [6.45, 7) is 10.6. The van der Waals surface area contributed by atoms with E-state index >= 15 is 0 Å². The highest BCUT2D eigenvalue weighted by Gasteiger charge is 2.29. The Kier molecular flexibility index (Phi) is 4.64. The molecule has 0 aliphatic carbocycles. The molecular weight excluding hydrogens is 182 g/mol. The summed E-state index contributed by atoms with van der Waals surface area (Å²) in [7, 11) is 0. The third-order valence-electron chi connectivity index (χ3n) is 3.86. The molecule has 1 aliphatic heterocycles. The predicted octanol–water partition coefficient (Wildman–Crippen LogP) is 4.13. The van der Waals surface area contributed by atoms with E-state index in [9.17, 15) is 0 Å². The van der Waals surface area contributed by atoms with Gasteiger partial charge in [-0.3, -0.25) is 0 Å². The molecule has 0 amide bonds. The Morgan fingerprint density at radius 2 is 1.87 bits per heavy atom. The molecule has 1 saturated heterocycles. The van der Waals surface area contributed by atoms with Crippen LogP contribution in [0.25, 0.3) is 0 Å². The van der Waals surface area contributed by atoms with Gasteiger partial charge in [-0.1, -0.05) is 40.5 Å². The minimum atomic E-state index is 0.462. The quantitative estimate of drug-likeness (QED) is 0.740. The molecule has 0 aromatic heterocycles. The molecule has 1 atom stereocenters. The number of nitrogens with one attached hydrogen (secondary N) is 1. The minimum absolute atomic E-state index is 0.462. The molecule has 0 saturated carbocycles. The average molecular weight is 211 g/mol. The van der Waals surface area contributed by atoms with Gasteiger partial charge in [-0.25, -0.2) is 0 Å². The lowest BCUT2D eigenvalue weighted by Gasteiger charge is -2.35. The van der Waals surface area contributed by atoms with Crippen molar-refractivity contribution in [3.05, 3.63) is 0 Å². The van der Waals surface area contributed by atoms with Gasteiger partial charge in [0.2, 0.25) is 0 Å². The summed E-state index contributed by atoms with van der Waals surface area (Å²) in [6, 6.07) is 0. The van der Waals surface area contributed by atoms with Crippen LogP contribution in [0.5, 0.6) is 0 Å². The second kappa shape index (κ2) is 5.34. The zero-order valence-electron chi connectivity index (χ0n) is 11.2. The van der Waals surface area contributed by atoms with Gasteiger partial charge in [0, 0.05) is 5.54 Å². The van der Waals surface area contributed by atoms with Crippen LogP contribution in [0.1, 0.15) is 72.6 Å². The highest BCUT2D eigenvalue weighted by atomic mass is 15.0. The first-order chi connectivity index (χ1) is 6.97. The van der Waals surface area contributed by atoms with Crippen molar-refractivity contribution in [2.24, 2.45) is 5.41 Å². The van der Waals surface area contributed by atoms with Gasteiger partial charge in [0.15, 0.2) is 0 Å². The Hall–Kier alpha value is -0.0400. The maximum atomic E-state index is 3.82. The molecule has 1 unspecified atom stereocenters. The SMILES string of the molecule is CCC1(CCC(C)(C)C)CCCCCN1. The molecule has 0 aromatic rings. The standard InChI is InChI=1S/C14H29N/c1-5-14(11-10-13(2,3)4)9-7-6-8-12-15-14/h15H,5-12H2,1-4H3. The van der Waals surface area contributed by atoms with E-state index in [0.29, 0.717) is 11.0 Å². The molecule has 0 radical (unpaired) electrons. The van der Waals surface area contributed by atoms with Gasteiger partial charge in [0.05, 0.1) is 0 Å². The molecule has 0 aromatic carbocycles. The van der Waals surface area contributed by atoms with Crippen LogP contribution in [0.4, 0.5) is 0 Å². The first-order valence-electron chi connectivity index (χ1n) is 6.72. The topological polar surface area (TPSA) is 12.0 Å². The third kappa shape index (κ3) is 4.55. The highest BCUT2D eigenvalue weighted by molar-refractivity contribution is 4.89. The Labute approximate surface area is 96.0 Å². The summed E-state index contributed by atoms with van der Waals surface area (Å²) in [5.41, 5.74) is 0.944. The molecule has 1 heteroatoms. The minimum Gasteiger partial charge on any atom is -0.311 e. The molecule has 1 heterocycles. The maximum Gasteiger partial charge on any atom is 0.0179 e. The van der Waals surface area contributed by atoms with E-state index in [1.807, 2.05) is 0 Å². The van der Waals surface area contributed by atoms with Crippen molar-refractivity contribution in [3.63, 3.8) is 0 Å². The van der Waals surface area contributed by atoms with Crippen molar-refractivity contribution in [1.82, 2.24) is 5.32 Å². The normalized spacial score (nSPS) is 28.8. The molecule has 0 spiro atoms. The van der Waals surface area contributed by atoms with Gasteiger partial charge in [-0.2, -0.15) is 0 Å². The third-order valence-corrected chi connectivity index (χ3v) is 3.86. The fourth-order valence-corrected chi connectivity index (χ4v) is 2.51. The van der Waals surface area contributed by atoms with Crippen molar-refractivity contribution in [1.29, 1.82) is 0 Å². The molecule has 1 rings (SSSR count). The van der Waals surface area contributed by atoms with Crippen molar-refractivity contribution < 1.29 is 0 Å². The van der Waals surface area contributed by atoms with Crippen LogP contribution in [0.3, 0.4) is 0 Å². The zero-order chi connectivity index (χ0) is 11.4. The summed E-state index contributed by atoms with van der Waals surface area (Å²) in [5.74, 6) is 0. The van der Waals surface area contributed by atoms with Crippen LogP contribution in [0.15, 0.2) is 0 Å². The summed E-state index contributed by atoms with van der Waals surface area (Å²) in [5, 5.41) is 3.82. The molecule has 1 aliphatic rings. The Morgan fingerprint density at radius 3 is 2.47 bits per heavy atom. The van der Waals surface area contributed by atoms with E-state index in [1.54, 1.807) is 0 Å². The van der Waals surface area contributed by atoms with E-state index in [4.69, 9.17) is 0 Å². The summed E-state index contributed by atoms with van der Waals surface area (Å²) in [6.07, 6.45) is 9.59. The monoisotopic (exact) mass is 211 g/mol. The van der Waals surface area contributed by atoms with E-state index in [-0.39, 0.29) is 0 Å². The van der Waals surface area contributed by atoms with Crippen molar-refractivity contribution >= 4 is 0 Å². The Balaban J connectivity index is 2.50. The van der Waals surface area contributed by atoms with E-state index in [1.165, 1.54) is 51.5 Å². The summed E-state index contributed by atoms with van der Waals surface area (Å²) in [4.78, 5) is 0. The first-order valence-corrected chi connectivity index (χ1v) is 6.72. The van der Waals surface area contributed by atoms with Gasteiger partial charge in [0.1, 0.15) is 0 Å². The van der Waals surface area contributed by atoms with E-state index < -0.39 is 0 Å². The molecule has 90 valence electrons. The van der Waals surface area contributed by atoms with Crippen LogP contribution in [0, 0.1) is 5.41 Å². The molecule has 1 nitrogen and oxygen atoms in total. The Morgan fingerprint density at radius 1 is 1.13 bits per heavy atom. The molecular formula is C14H29N. The number of hydrogen-bond donors (Lipinski definition) is 1. The van der Waals surface area contributed by atoms with Gasteiger partial charge in [-0.15, -0.1) is 0 Å². The second-order valence-corrected chi connectivity index (χ2v) is 6.43. The van der Waals surface area contributed by atoms with Crippen LogP contribution < -0.4 is 5.32 Å². The number of hydrogen-bond acceptors (Lipinski definition) is 1. The van der Waals surface area contributed by atoms with Crippen LogP contribution in [-0.4, -0.2) is 12.1 Å². The van der Waals surface area contributed by atoms with Crippen LogP contribution in [-0.2, 0) is 0 Å². The van der Waals surface area contributed by atoms with Gasteiger partial charge < -0.3 is 5.32 Å². The smallest absolute Gasteiger partial charge is 0.0179 e. The summed E-state index contributed by atoms with van der Waals surface area (Å²) < 4.78 is 0. The van der Waals surface area contributed by atoms with Gasteiger partial charge in [0.25, 0.3) is 0 Å². The Bertz CT molecular complexity index is 170. The van der Waals surface area contributed by atoms with Crippen molar-refractivity contribution in [2.45, 2.75) is 78.2 Å². The van der Waals surface area contributed by atoms with Gasteiger partial charge in [-0.05, 0) is 44.1 Å². The molecule has 0 bridgehead atoms. The molecule has 1 N–H and O–H groups in total. The lowest BCUT2D eigenvalue weighted by Crippen LogP contribution is -2.44. The fraction of sp³-hybridized carbons (Fsp3) is 1.00. The second-order valence-electron chi connectivity index (χ2n) is 6.43. The maximum absolute atomic E-state index is 3.82. The van der Waals surface area contributed by atoms with Crippen molar-refractivity contribution in [2.75, 3.05) is 6.54 Å². The lowest BCUT2D eigenvalue weighted by molar-refractivity contribution is 0.232. The highest BCUT2D eigenvalue weighted by Crippen LogP contribution is 2.32. The van der Waals surface area contributed by atoms with Crippen LogP contribution in [0.2, 0.25) is 0 Å². The largest absolute Gasteiger partial charge is 0.311 e. The molecule has 15 heavy (non-hydrogen) atoms. The first kappa shape index (κ1) is 13.0. The van der Waals surface area contributed by atoms with E-state index in [0.717, 1.165) is 0 Å². The van der Waals surface area contributed by atoms with Crippen LogP contribution >= 0.6 is 0 Å². The zero-order valence-corrected chi connectivity index (χ0v) is 11.2. The number of rotatable bonds is 3. The predicted molar refractivity (Wildman–Crippen MR) is 68.2 cm³/mol. The van der Waals surface area contributed by atoms with Crippen molar-refractivity contribution in [3.8, 4) is 0 Å². The summed E-state index contributed by atoms with van der Waals surface area (Å²) >= 11 is 0. The average Bonchev–Trinajstić information content (AvgIpc) is 2.40. The fourth-order valence-electron chi connectivity index (χ4n) is 2.51. The van der Waals surface area contributed by atoms with Gasteiger partial charge >= 0.3 is 0 Å². The van der Waals surface area contributed by atoms with E-state index in [2.05, 4.69) is 33.0 Å². The molecule has 1 fully saturated rings.